The third-order valence-electron chi connectivity index (χ3n) is 4.93. The third-order valence-corrected chi connectivity index (χ3v) is 5.30. The number of nitrogens with zero attached hydrogens (tertiary/aromatic N) is 3. The van der Waals surface area contributed by atoms with E-state index in [2.05, 4.69) is 27.4 Å². The van der Waals surface area contributed by atoms with E-state index < -0.39 is 0 Å². The monoisotopic (exact) mass is 410 g/mol. The molecule has 0 atom stereocenters. The summed E-state index contributed by atoms with van der Waals surface area (Å²) in [5, 5.41) is 8.33. The molecule has 1 aromatic heterocycles. The van der Waals surface area contributed by atoms with E-state index in [9.17, 15) is 4.79 Å². The molecule has 0 saturated heterocycles. The second kappa shape index (κ2) is 9.25. The fourth-order valence-corrected chi connectivity index (χ4v) is 3.65. The van der Waals surface area contributed by atoms with Gasteiger partial charge in [0.25, 0.3) is 5.91 Å². The van der Waals surface area contributed by atoms with Crippen LogP contribution in [-0.2, 0) is 19.6 Å². The minimum absolute atomic E-state index is 0.106. The lowest BCUT2D eigenvalue weighted by molar-refractivity contribution is 0.0949. The molecule has 0 saturated carbocycles. The molecule has 2 aromatic carbocycles. The van der Waals surface area contributed by atoms with Crippen LogP contribution in [0, 0.1) is 13.8 Å². The van der Waals surface area contributed by atoms with E-state index in [1.807, 2.05) is 69.0 Å². The van der Waals surface area contributed by atoms with Crippen molar-refractivity contribution in [2.24, 2.45) is 0 Å². The predicted molar refractivity (Wildman–Crippen MR) is 117 cm³/mol. The van der Waals surface area contributed by atoms with Crippen LogP contribution in [0.2, 0.25) is 5.02 Å². The molecule has 152 valence electrons. The van der Waals surface area contributed by atoms with Gasteiger partial charge in [0.2, 0.25) is 0 Å². The van der Waals surface area contributed by atoms with E-state index in [4.69, 9.17) is 11.6 Å². The van der Waals surface area contributed by atoms with Gasteiger partial charge >= 0.3 is 0 Å². The minimum Gasteiger partial charge on any atom is -0.348 e. The summed E-state index contributed by atoms with van der Waals surface area (Å²) < 4.78 is 1.84. The number of hydrogen-bond donors (Lipinski definition) is 1. The van der Waals surface area contributed by atoms with Crippen molar-refractivity contribution in [3.05, 3.63) is 87.2 Å². The van der Waals surface area contributed by atoms with Crippen molar-refractivity contribution in [3.8, 4) is 0 Å². The van der Waals surface area contributed by atoms with Gasteiger partial charge in [-0.05, 0) is 50.7 Å². The standard InChI is InChI=1S/C23H27ClN4O/c1-16-22(17(2)28(26-16)15-20-11-7-8-12-21(20)24)23(29)25-13-18-9-5-6-10-19(18)14-27(3)4/h5-12H,13-15H2,1-4H3,(H,25,29). The Morgan fingerprint density at radius 3 is 2.31 bits per heavy atom. The molecule has 0 radical (unpaired) electrons. The van der Waals surface area contributed by atoms with Crippen LogP contribution in [0.4, 0.5) is 0 Å². The van der Waals surface area contributed by atoms with Crippen molar-refractivity contribution < 1.29 is 4.79 Å². The second-order valence-electron chi connectivity index (χ2n) is 7.48. The van der Waals surface area contributed by atoms with Crippen molar-refractivity contribution in [2.75, 3.05) is 14.1 Å². The molecule has 5 nitrogen and oxygen atoms in total. The van der Waals surface area contributed by atoms with Gasteiger partial charge in [-0.3, -0.25) is 9.48 Å². The molecule has 1 amide bonds. The molecule has 0 fully saturated rings. The van der Waals surface area contributed by atoms with Gasteiger partial charge in [-0.1, -0.05) is 54.1 Å². The number of carbonyl (C=O) groups excluding carboxylic acids is 1. The van der Waals surface area contributed by atoms with Crippen LogP contribution in [0.15, 0.2) is 48.5 Å². The Kier molecular flexibility index (Phi) is 6.72. The van der Waals surface area contributed by atoms with E-state index in [0.29, 0.717) is 29.4 Å². The van der Waals surface area contributed by atoms with Gasteiger partial charge in [0.05, 0.1) is 17.8 Å². The van der Waals surface area contributed by atoms with Gasteiger partial charge in [0.1, 0.15) is 0 Å². The molecular weight excluding hydrogens is 384 g/mol. The molecule has 3 rings (SSSR count). The summed E-state index contributed by atoms with van der Waals surface area (Å²) in [6, 6.07) is 15.9. The number of amides is 1. The normalized spacial score (nSPS) is 11.1. The summed E-state index contributed by atoms with van der Waals surface area (Å²) in [5.41, 5.74) is 5.48. The summed E-state index contributed by atoms with van der Waals surface area (Å²) in [5.74, 6) is -0.106. The van der Waals surface area contributed by atoms with Gasteiger partial charge in [0.15, 0.2) is 0 Å². The summed E-state index contributed by atoms with van der Waals surface area (Å²) in [6.45, 7) is 5.64. The highest BCUT2D eigenvalue weighted by Crippen LogP contribution is 2.20. The highest BCUT2D eigenvalue weighted by molar-refractivity contribution is 6.31. The fourth-order valence-electron chi connectivity index (χ4n) is 3.46. The first kappa shape index (κ1) is 21.1. The minimum atomic E-state index is -0.106. The Balaban J connectivity index is 1.75. The second-order valence-corrected chi connectivity index (χ2v) is 7.89. The maximum atomic E-state index is 12.9. The molecule has 0 aliphatic carbocycles. The Morgan fingerprint density at radius 2 is 1.66 bits per heavy atom. The number of aryl methyl sites for hydroxylation is 1. The van der Waals surface area contributed by atoms with Crippen molar-refractivity contribution in [2.45, 2.75) is 33.5 Å². The first-order chi connectivity index (χ1) is 13.9. The number of halogens is 1. The highest BCUT2D eigenvalue weighted by atomic mass is 35.5. The molecule has 1 heterocycles. The SMILES string of the molecule is Cc1nn(Cc2ccccc2Cl)c(C)c1C(=O)NCc1ccccc1CN(C)C. The fraction of sp³-hybridized carbons (Fsp3) is 0.304. The Hall–Kier alpha value is -2.63. The molecule has 0 unspecified atom stereocenters. The van der Waals surface area contributed by atoms with Crippen LogP contribution < -0.4 is 5.32 Å². The quantitative estimate of drug-likeness (QED) is 0.635. The molecule has 0 aliphatic rings. The first-order valence-corrected chi connectivity index (χ1v) is 10.0. The largest absolute Gasteiger partial charge is 0.348 e. The zero-order chi connectivity index (χ0) is 21.0. The van der Waals surface area contributed by atoms with Crippen LogP contribution in [-0.4, -0.2) is 34.7 Å². The first-order valence-electron chi connectivity index (χ1n) is 9.64. The molecule has 1 N–H and O–H groups in total. The molecular formula is C23H27ClN4O. The number of benzene rings is 2. The maximum Gasteiger partial charge on any atom is 0.255 e. The number of aromatic nitrogens is 2. The molecule has 0 aliphatic heterocycles. The van der Waals surface area contributed by atoms with E-state index in [0.717, 1.165) is 23.4 Å². The zero-order valence-electron chi connectivity index (χ0n) is 17.4. The van der Waals surface area contributed by atoms with Gasteiger partial charge in [-0.2, -0.15) is 5.10 Å². The Bertz CT molecular complexity index is 1010. The maximum absolute atomic E-state index is 12.9. The molecule has 29 heavy (non-hydrogen) atoms. The predicted octanol–water partition coefficient (Wildman–Crippen LogP) is 4.19. The van der Waals surface area contributed by atoms with E-state index in [-0.39, 0.29) is 5.91 Å². The summed E-state index contributed by atoms with van der Waals surface area (Å²) >= 11 is 6.28. The number of hydrogen-bond acceptors (Lipinski definition) is 3. The van der Waals surface area contributed by atoms with Crippen molar-refractivity contribution in [1.29, 1.82) is 0 Å². The summed E-state index contributed by atoms with van der Waals surface area (Å²) in [6.07, 6.45) is 0. The zero-order valence-corrected chi connectivity index (χ0v) is 18.1. The van der Waals surface area contributed by atoms with Crippen molar-refractivity contribution >= 4 is 17.5 Å². The summed E-state index contributed by atoms with van der Waals surface area (Å²) in [4.78, 5) is 15.0. The van der Waals surface area contributed by atoms with Gasteiger partial charge < -0.3 is 10.2 Å². The van der Waals surface area contributed by atoms with Crippen LogP contribution in [0.25, 0.3) is 0 Å². The van der Waals surface area contributed by atoms with E-state index in [1.54, 1.807) is 0 Å². The van der Waals surface area contributed by atoms with Gasteiger partial charge in [-0.15, -0.1) is 0 Å². The molecule has 0 spiro atoms. The molecule has 3 aromatic rings. The van der Waals surface area contributed by atoms with Crippen molar-refractivity contribution in [1.82, 2.24) is 20.0 Å². The van der Waals surface area contributed by atoms with Crippen LogP contribution in [0.5, 0.6) is 0 Å². The van der Waals surface area contributed by atoms with Gasteiger partial charge in [0, 0.05) is 23.8 Å². The number of carbonyl (C=O) groups is 1. The molecule has 6 heteroatoms. The van der Waals surface area contributed by atoms with E-state index in [1.165, 1.54) is 5.56 Å². The average molecular weight is 411 g/mol. The topological polar surface area (TPSA) is 50.2 Å². The Morgan fingerprint density at radius 1 is 1.03 bits per heavy atom. The van der Waals surface area contributed by atoms with E-state index >= 15 is 0 Å². The van der Waals surface area contributed by atoms with Crippen molar-refractivity contribution in [3.63, 3.8) is 0 Å². The average Bonchev–Trinajstić information content (AvgIpc) is 2.95. The van der Waals surface area contributed by atoms with Gasteiger partial charge in [-0.25, -0.2) is 0 Å². The third kappa shape index (κ3) is 5.05. The molecule has 0 bridgehead atoms. The van der Waals surface area contributed by atoms with Crippen LogP contribution in [0.3, 0.4) is 0 Å². The number of rotatable bonds is 7. The van der Waals surface area contributed by atoms with Crippen LogP contribution in [0.1, 0.15) is 38.4 Å². The lowest BCUT2D eigenvalue weighted by atomic mass is 10.1. The Labute approximate surface area is 177 Å². The van der Waals surface area contributed by atoms with Crippen LogP contribution >= 0.6 is 11.6 Å². The lowest BCUT2D eigenvalue weighted by Gasteiger charge is -2.14. The highest BCUT2D eigenvalue weighted by Gasteiger charge is 2.19. The summed E-state index contributed by atoms with van der Waals surface area (Å²) in [7, 11) is 4.07. The smallest absolute Gasteiger partial charge is 0.255 e. The number of nitrogens with one attached hydrogen (secondary N) is 1. The lowest BCUT2D eigenvalue weighted by Crippen LogP contribution is -2.25.